The molecular formula is C56H36N2O3. The zero-order chi connectivity index (χ0) is 40.0. The van der Waals surface area contributed by atoms with Gasteiger partial charge in [-0.15, -0.1) is 0 Å². The first-order valence-electron chi connectivity index (χ1n) is 20.8. The third-order valence-corrected chi connectivity index (χ3v) is 12.6. The summed E-state index contributed by atoms with van der Waals surface area (Å²) in [6.45, 7) is 0. The molecule has 0 N–H and O–H groups in total. The SMILES string of the molecule is C1=C(N(c2ccccc2)c2cccc3c2oc2ccccc23)c2ccccc2C2Oc3c(cc(N(c4ccccc4)c4cccc5c4oc4ccccc45)c4ccccc34)C12. The van der Waals surface area contributed by atoms with E-state index < -0.39 is 0 Å². The first kappa shape index (κ1) is 33.9. The van der Waals surface area contributed by atoms with Crippen LogP contribution in [0.4, 0.5) is 28.4 Å². The van der Waals surface area contributed by atoms with Crippen LogP contribution >= 0.6 is 0 Å². The molecule has 0 saturated heterocycles. The van der Waals surface area contributed by atoms with Gasteiger partial charge < -0.3 is 23.4 Å². The minimum absolute atomic E-state index is 0.107. The van der Waals surface area contributed by atoms with Crippen molar-refractivity contribution in [1.29, 1.82) is 0 Å². The molecule has 3 heterocycles. The summed E-state index contributed by atoms with van der Waals surface area (Å²) >= 11 is 0. The molecule has 2 atom stereocenters. The Bertz CT molecular complexity index is 3550. The number of ether oxygens (including phenoxy) is 1. The minimum atomic E-state index is -0.225. The highest BCUT2D eigenvalue weighted by Crippen LogP contribution is 2.58. The highest BCUT2D eigenvalue weighted by Gasteiger charge is 2.42. The van der Waals surface area contributed by atoms with Crippen LogP contribution in [-0.4, -0.2) is 0 Å². The Balaban J connectivity index is 1.07. The van der Waals surface area contributed by atoms with Gasteiger partial charge in [0, 0.05) is 66.3 Å². The molecule has 1 aliphatic heterocycles. The van der Waals surface area contributed by atoms with Crippen molar-refractivity contribution in [3.8, 4) is 5.75 Å². The zero-order valence-electron chi connectivity index (χ0n) is 32.9. The molecule has 5 nitrogen and oxygen atoms in total. The predicted octanol–water partition coefficient (Wildman–Crippen LogP) is 15.5. The third kappa shape index (κ3) is 5.07. The van der Waals surface area contributed by atoms with Crippen LogP contribution in [0, 0.1) is 0 Å². The van der Waals surface area contributed by atoms with Gasteiger partial charge in [-0.2, -0.15) is 0 Å². The van der Waals surface area contributed by atoms with E-state index in [9.17, 15) is 0 Å². The van der Waals surface area contributed by atoms with Gasteiger partial charge >= 0.3 is 0 Å². The first-order chi connectivity index (χ1) is 30.3. The normalized spacial score (nSPS) is 15.4. The lowest BCUT2D eigenvalue weighted by atomic mass is 9.81. The fraction of sp³-hybridized carbons (Fsp3) is 0.0357. The van der Waals surface area contributed by atoms with Crippen LogP contribution in [0.5, 0.6) is 5.75 Å². The molecule has 0 amide bonds. The van der Waals surface area contributed by atoms with Crippen molar-refractivity contribution >= 4 is 88.8 Å². The molecule has 9 aromatic carbocycles. The van der Waals surface area contributed by atoms with Gasteiger partial charge in [0.2, 0.25) is 0 Å². The fourth-order valence-corrected chi connectivity index (χ4v) is 9.93. The van der Waals surface area contributed by atoms with E-state index in [0.717, 1.165) is 111 Å². The highest BCUT2D eigenvalue weighted by molar-refractivity contribution is 6.13. The number of benzene rings is 9. The number of fused-ring (bicyclic) bond motifs is 13. The van der Waals surface area contributed by atoms with Gasteiger partial charge in [0.1, 0.15) is 23.0 Å². The van der Waals surface area contributed by atoms with E-state index in [-0.39, 0.29) is 12.0 Å². The van der Waals surface area contributed by atoms with E-state index in [0.29, 0.717) is 0 Å². The summed E-state index contributed by atoms with van der Waals surface area (Å²) < 4.78 is 20.7. The summed E-state index contributed by atoms with van der Waals surface area (Å²) in [4.78, 5) is 4.73. The van der Waals surface area contributed by atoms with E-state index >= 15 is 0 Å². The Morgan fingerprint density at radius 3 is 1.54 bits per heavy atom. The molecule has 13 rings (SSSR count). The molecule has 1 aliphatic carbocycles. The number of rotatable bonds is 6. The number of hydrogen-bond donors (Lipinski definition) is 0. The van der Waals surface area contributed by atoms with Crippen molar-refractivity contribution in [2.24, 2.45) is 0 Å². The van der Waals surface area contributed by atoms with Gasteiger partial charge in [-0.3, -0.25) is 0 Å². The molecule has 2 aliphatic rings. The summed E-state index contributed by atoms with van der Waals surface area (Å²) in [7, 11) is 0. The maximum absolute atomic E-state index is 7.24. The summed E-state index contributed by atoms with van der Waals surface area (Å²) in [6, 6.07) is 70.5. The highest BCUT2D eigenvalue weighted by atomic mass is 16.5. The standard InChI is InChI=1S/C56H36N2O3/c1-3-17-35(18-4-1)57(47-29-15-27-43-39-23-11-13-31-51(39)59-55(43)47)49-33-45-46-34-50(38-22-8-10-26-42(38)54(46)61-53(45)41-25-9-7-21-37(41)49)58(36-19-5-2-6-20-36)48-30-16-28-44-40-24-12-14-32-52(40)60-56(44)48/h1-34,45,53H. The predicted molar refractivity (Wildman–Crippen MR) is 249 cm³/mol. The fourth-order valence-electron chi connectivity index (χ4n) is 9.93. The quantitative estimate of drug-likeness (QED) is 0.168. The largest absolute Gasteiger partial charge is 0.484 e. The lowest BCUT2D eigenvalue weighted by molar-refractivity contribution is 0.225. The smallest absolute Gasteiger partial charge is 0.159 e. The second-order valence-electron chi connectivity index (χ2n) is 15.9. The second kappa shape index (κ2) is 13.2. The van der Waals surface area contributed by atoms with Crippen molar-refractivity contribution in [1.82, 2.24) is 0 Å². The summed E-state index contributed by atoms with van der Waals surface area (Å²) in [6.07, 6.45) is 2.20. The van der Waals surface area contributed by atoms with Crippen LogP contribution in [0.25, 0.3) is 60.3 Å². The minimum Gasteiger partial charge on any atom is -0.484 e. The van der Waals surface area contributed by atoms with E-state index in [2.05, 4.69) is 192 Å². The monoisotopic (exact) mass is 784 g/mol. The van der Waals surface area contributed by atoms with Crippen molar-refractivity contribution in [2.75, 3.05) is 9.80 Å². The molecule has 0 fully saturated rings. The van der Waals surface area contributed by atoms with Crippen LogP contribution in [-0.2, 0) is 0 Å². The van der Waals surface area contributed by atoms with Crippen LogP contribution in [0.1, 0.15) is 28.7 Å². The number of nitrogens with zero attached hydrogens (tertiary/aromatic N) is 2. The van der Waals surface area contributed by atoms with Crippen LogP contribution < -0.4 is 14.5 Å². The number of para-hydroxylation sites is 6. The van der Waals surface area contributed by atoms with Crippen LogP contribution in [0.3, 0.4) is 0 Å². The lowest BCUT2D eigenvalue weighted by Gasteiger charge is -2.34. The maximum atomic E-state index is 7.24. The Kier molecular flexibility index (Phi) is 7.36. The van der Waals surface area contributed by atoms with Gasteiger partial charge in [0.25, 0.3) is 0 Å². The molecule has 0 saturated carbocycles. The van der Waals surface area contributed by atoms with E-state index in [1.165, 1.54) is 0 Å². The van der Waals surface area contributed by atoms with Crippen LogP contribution in [0.2, 0.25) is 0 Å². The second-order valence-corrected chi connectivity index (χ2v) is 15.9. The Hall–Kier alpha value is -8.02. The number of furan rings is 2. The molecule has 11 aromatic rings. The number of hydrogen-bond acceptors (Lipinski definition) is 5. The van der Waals surface area contributed by atoms with Crippen molar-refractivity contribution in [3.05, 3.63) is 223 Å². The van der Waals surface area contributed by atoms with Gasteiger partial charge in [0.05, 0.1) is 22.8 Å². The van der Waals surface area contributed by atoms with E-state index in [4.69, 9.17) is 13.6 Å². The average Bonchev–Trinajstić information content (AvgIpc) is 4.02. The van der Waals surface area contributed by atoms with Crippen molar-refractivity contribution in [2.45, 2.75) is 12.0 Å². The molecule has 288 valence electrons. The van der Waals surface area contributed by atoms with Gasteiger partial charge in [-0.05, 0) is 60.7 Å². The molecule has 5 heteroatoms. The lowest BCUT2D eigenvalue weighted by Crippen LogP contribution is -2.23. The van der Waals surface area contributed by atoms with Crippen molar-refractivity contribution < 1.29 is 13.6 Å². The molecular weight excluding hydrogens is 749 g/mol. The Morgan fingerprint density at radius 2 is 0.885 bits per heavy atom. The summed E-state index contributed by atoms with van der Waals surface area (Å²) in [5.41, 5.74) is 13.0. The molecule has 61 heavy (non-hydrogen) atoms. The van der Waals surface area contributed by atoms with Gasteiger partial charge in [-0.25, -0.2) is 0 Å². The van der Waals surface area contributed by atoms with Gasteiger partial charge in [0.15, 0.2) is 11.2 Å². The molecule has 0 radical (unpaired) electrons. The zero-order valence-corrected chi connectivity index (χ0v) is 32.9. The first-order valence-corrected chi connectivity index (χ1v) is 20.8. The topological polar surface area (TPSA) is 42.0 Å². The molecule has 2 unspecified atom stereocenters. The molecule has 0 spiro atoms. The Labute approximate surface area is 351 Å². The molecule has 0 bridgehead atoms. The average molecular weight is 785 g/mol. The van der Waals surface area contributed by atoms with E-state index in [1.54, 1.807) is 0 Å². The third-order valence-electron chi connectivity index (χ3n) is 12.6. The maximum Gasteiger partial charge on any atom is 0.159 e. The van der Waals surface area contributed by atoms with E-state index in [1.807, 2.05) is 24.3 Å². The molecule has 2 aromatic heterocycles. The Morgan fingerprint density at radius 1 is 0.377 bits per heavy atom. The number of anilines is 5. The summed E-state index contributed by atoms with van der Waals surface area (Å²) in [5.74, 6) is 0.811. The van der Waals surface area contributed by atoms with Crippen molar-refractivity contribution in [3.63, 3.8) is 0 Å². The summed E-state index contributed by atoms with van der Waals surface area (Å²) in [5, 5.41) is 6.53. The van der Waals surface area contributed by atoms with Gasteiger partial charge in [-0.1, -0.05) is 146 Å². The van der Waals surface area contributed by atoms with Crippen LogP contribution in [0.15, 0.2) is 215 Å².